The van der Waals surface area contributed by atoms with Crippen LogP contribution in [0.25, 0.3) is 0 Å². The third kappa shape index (κ3) is 7.71. The van der Waals surface area contributed by atoms with E-state index in [0.717, 1.165) is 5.56 Å². The lowest BCUT2D eigenvalue weighted by atomic mass is 10.0. The number of amides is 1. The van der Waals surface area contributed by atoms with Gasteiger partial charge >= 0.3 is 12.1 Å². The van der Waals surface area contributed by atoms with Crippen molar-refractivity contribution < 1.29 is 28.6 Å². The number of methoxy groups -OCH3 is 1. The highest BCUT2D eigenvalue weighted by Crippen LogP contribution is 2.23. The molecule has 0 radical (unpaired) electrons. The maximum absolute atomic E-state index is 12.5. The van der Waals surface area contributed by atoms with Gasteiger partial charge in [-0.15, -0.1) is 0 Å². The molecule has 0 bridgehead atoms. The summed E-state index contributed by atoms with van der Waals surface area (Å²) in [5, 5.41) is 2.56. The highest BCUT2D eigenvalue weighted by molar-refractivity contribution is 6.09. The summed E-state index contributed by atoms with van der Waals surface area (Å²) >= 11 is 0. The first-order valence-electron chi connectivity index (χ1n) is 11.2. The van der Waals surface area contributed by atoms with Crippen molar-refractivity contribution in [2.45, 2.75) is 38.8 Å². The first kappa shape index (κ1) is 25.5. The van der Waals surface area contributed by atoms with E-state index < -0.39 is 23.7 Å². The summed E-state index contributed by atoms with van der Waals surface area (Å²) < 4.78 is 15.9. The van der Waals surface area contributed by atoms with Crippen molar-refractivity contribution in [3.05, 3.63) is 95.6 Å². The maximum Gasteiger partial charge on any atom is 0.408 e. The number of nitrogens with one attached hydrogen (secondary N) is 1. The normalized spacial score (nSPS) is 11.8. The minimum atomic E-state index is -0.892. The smallest absolute Gasteiger partial charge is 0.408 e. The topological polar surface area (TPSA) is 90.9 Å². The number of esters is 1. The molecule has 0 heterocycles. The largest absolute Gasteiger partial charge is 0.467 e. The fourth-order valence-electron chi connectivity index (χ4n) is 3.28. The lowest BCUT2D eigenvalue weighted by Crippen LogP contribution is -2.45. The SMILES string of the molecule is COC(=O)[C@H](Cc1ccc(Oc2ccc(C(=O)c3ccccc3)cc2)cc1)NC(=O)OC(C)(C)C. The second kappa shape index (κ2) is 11.3. The molecule has 0 aliphatic heterocycles. The van der Waals surface area contributed by atoms with E-state index in [9.17, 15) is 14.4 Å². The number of carbonyl (C=O) groups excluding carboxylic acids is 3. The predicted molar refractivity (Wildman–Crippen MR) is 132 cm³/mol. The minimum Gasteiger partial charge on any atom is -0.467 e. The molecule has 1 N–H and O–H groups in total. The van der Waals surface area contributed by atoms with Gasteiger partial charge in [0.25, 0.3) is 0 Å². The maximum atomic E-state index is 12.5. The number of ketones is 1. The van der Waals surface area contributed by atoms with E-state index in [-0.39, 0.29) is 12.2 Å². The quantitative estimate of drug-likeness (QED) is 0.350. The molecule has 0 saturated carbocycles. The van der Waals surface area contributed by atoms with Crippen LogP contribution < -0.4 is 10.1 Å². The van der Waals surface area contributed by atoms with Crippen LogP contribution in [0.2, 0.25) is 0 Å². The molecule has 35 heavy (non-hydrogen) atoms. The zero-order valence-electron chi connectivity index (χ0n) is 20.2. The summed E-state index contributed by atoms with van der Waals surface area (Å²) in [5.41, 5.74) is 1.32. The Kier molecular flexibility index (Phi) is 8.25. The second-order valence-corrected chi connectivity index (χ2v) is 8.89. The van der Waals surface area contributed by atoms with Crippen molar-refractivity contribution in [1.82, 2.24) is 5.32 Å². The Labute approximate surface area is 205 Å². The molecule has 0 aliphatic rings. The number of rotatable bonds is 8. The average molecular weight is 476 g/mol. The Hall–Kier alpha value is -4.13. The van der Waals surface area contributed by atoms with Gasteiger partial charge in [-0.1, -0.05) is 42.5 Å². The van der Waals surface area contributed by atoms with Crippen LogP contribution in [0.5, 0.6) is 11.5 Å². The van der Waals surface area contributed by atoms with Gasteiger partial charge < -0.3 is 19.5 Å². The highest BCUT2D eigenvalue weighted by Gasteiger charge is 2.25. The van der Waals surface area contributed by atoms with E-state index in [4.69, 9.17) is 14.2 Å². The first-order chi connectivity index (χ1) is 16.6. The van der Waals surface area contributed by atoms with Gasteiger partial charge in [-0.2, -0.15) is 0 Å². The van der Waals surface area contributed by atoms with Crippen molar-refractivity contribution in [2.75, 3.05) is 7.11 Å². The van der Waals surface area contributed by atoms with Crippen LogP contribution in [0.15, 0.2) is 78.9 Å². The molecule has 0 spiro atoms. The molecule has 0 aliphatic carbocycles. The Balaban J connectivity index is 1.62. The van der Waals surface area contributed by atoms with Crippen molar-refractivity contribution in [1.29, 1.82) is 0 Å². The third-order valence-corrected chi connectivity index (χ3v) is 4.93. The average Bonchev–Trinajstić information content (AvgIpc) is 2.83. The summed E-state index contributed by atoms with van der Waals surface area (Å²) in [6, 6.07) is 22.2. The predicted octanol–water partition coefficient (Wildman–Crippen LogP) is 5.32. The van der Waals surface area contributed by atoms with Crippen LogP contribution in [0.1, 0.15) is 42.3 Å². The fraction of sp³-hybridized carbons (Fsp3) is 0.250. The van der Waals surface area contributed by atoms with E-state index in [1.807, 2.05) is 18.2 Å². The van der Waals surface area contributed by atoms with Crippen molar-refractivity contribution in [3.8, 4) is 11.5 Å². The molecule has 1 atom stereocenters. The Morgan fingerprint density at radius 2 is 1.34 bits per heavy atom. The number of ether oxygens (including phenoxy) is 3. The molecule has 7 nitrogen and oxygen atoms in total. The van der Waals surface area contributed by atoms with Crippen molar-refractivity contribution in [2.24, 2.45) is 0 Å². The molecule has 0 unspecified atom stereocenters. The molecule has 182 valence electrons. The molecule has 3 aromatic carbocycles. The second-order valence-electron chi connectivity index (χ2n) is 8.89. The van der Waals surface area contributed by atoms with Gasteiger partial charge in [-0.05, 0) is 62.7 Å². The number of hydrogen-bond acceptors (Lipinski definition) is 6. The van der Waals surface area contributed by atoms with Crippen LogP contribution in [-0.4, -0.2) is 36.6 Å². The summed E-state index contributed by atoms with van der Waals surface area (Å²) in [7, 11) is 1.27. The molecule has 0 aromatic heterocycles. The summed E-state index contributed by atoms with van der Waals surface area (Å²) in [6.07, 6.45) is -0.468. The zero-order chi connectivity index (χ0) is 25.4. The van der Waals surface area contributed by atoms with Crippen LogP contribution >= 0.6 is 0 Å². The van der Waals surface area contributed by atoms with Gasteiger partial charge in [0.05, 0.1) is 7.11 Å². The number of benzene rings is 3. The molecular weight excluding hydrogens is 446 g/mol. The lowest BCUT2D eigenvalue weighted by Gasteiger charge is -2.22. The summed E-state index contributed by atoms with van der Waals surface area (Å²) in [4.78, 5) is 36.8. The van der Waals surface area contributed by atoms with E-state index in [1.54, 1.807) is 81.4 Å². The van der Waals surface area contributed by atoms with Gasteiger partial charge in [-0.25, -0.2) is 9.59 Å². The minimum absolute atomic E-state index is 0.0540. The van der Waals surface area contributed by atoms with Crippen LogP contribution in [0.4, 0.5) is 4.79 Å². The van der Waals surface area contributed by atoms with E-state index in [1.165, 1.54) is 7.11 Å². The third-order valence-electron chi connectivity index (χ3n) is 4.93. The highest BCUT2D eigenvalue weighted by atomic mass is 16.6. The summed E-state index contributed by atoms with van der Waals surface area (Å²) in [6.45, 7) is 5.23. The molecule has 3 aromatic rings. The zero-order valence-corrected chi connectivity index (χ0v) is 20.2. The molecule has 0 fully saturated rings. The summed E-state index contributed by atoms with van der Waals surface area (Å²) in [5.74, 6) is 0.551. The molecule has 1 amide bonds. The molecule has 0 saturated heterocycles. The molecule has 3 rings (SSSR count). The molecule has 7 heteroatoms. The van der Waals surface area contributed by atoms with Crippen LogP contribution in [-0.2, 0) is 20.7 Å². The Morgan fingerprint density at radius 3 is 1.89 bits per heavy atom. The Morgan fingerprint density at radius 1 is 0.800 bits per heavy atom. The fourth-order valence-corrected chi connectivity index (χ4v) is 3.28. The van der Waals surface area contributed by atoms with Gasteiger partial charge in [0.1, 0.15) is 23.1 Å². The van der Waals surface area contributed by atoms with E-state index >= 15 is 0 Å². The Bertz CT molecular complexity index is 1150. The number of alkyl carbamates (subject to hydrolysis) is 1. The van der Waals surface area contributed by atoms with Gasteiger partial charge in [0, 0.05) is 17.5 Å². The van der Waals surface area contributed by atoms with Gasteiger partial charge in [0.15, 0.2) is 5.78 Å². The lowest BCUT2D eigenvalue weighted by molar-refractivity contribution is -0.143. The number of hydrogen-bond donors (Lipinski definition) is 1. The van der Waals surface area contributed by atoms with Crippen molar-refractivity contribution >= 4 is 17.8 Å². The standard InChI is InChI=1S/C28H29NO6/c1-28(2,3)35-27(32)29-24(26(31)33-4)18-19-10-14-22(15-11-19)34-23-16-12-21(13-17-23)25(30)20-8-6-5-7-9-20/h5-17,24H,18H2,1-4H3,(H,29,32)/t24-/m0/s1. The van der Waals surface area contributed by atoms with Gasteiger partial charge in [0.2, 0.25) is 0 Å². The van der Waals surface area contributed by atoms with E-state index in [0.29, 0.717) is 22.6 Å². The van der Waals surface area contributed by atoms with Crippen LogP contribution in [0, 0.1) is 0 Å². The van der Waals surface area contributed by atoms with Crippen molar-refractivity contribution in [3.63, 3.8) is 0 Å². The number of carbonyl (C=O) groups is 3. The van der Waals surface area contributed by atoms with Crippen LogP contribution in [0.3, 0.4) is 0 Å². The van der Waals surface area contributed by atoms with E-state index in [2.05, 4.69) is 5.32 Å². The monoisotopic (exact) mass is 475 g/mol. The van der Waals surface area contributed by atoms with Gasteiger partial charge in [-0.3, -0.25) is 4.79 Å². The first-order valence-corrected chi connectivity index (χ1v) is 11.2. The molecular formula is C28H29NO6.